The number of fused-ring (bicyclic) bond motifs is 3. The van der Waals surface area contributed by atoms with Gasteiger partial charge in [-0.15, -0.1) is 11.3 Å². The number of hydrogen-bond donors (Lipinski definition) is 2. The monoisotopic (exact) mass is 501 g/mol. The normalized spacial score (nSPS) is 23.5. The van der Waals surface area contributed by atoms with E-state index in [1.54, 1.807) is 7.11 Å². The van der Waals surface area contributed by atoms with Crippen LogP contribution in [-0.4, -0.2) is 69.8 Å². The van der Waals surface area contributed by atoms with Gasteiger partial charge in [-0.25, -0.2) is 9.97 Å². The van der Waals surface area contributed by atoms with Gasteiger partial charge in [-0.1, -0.05) is 11.8 Å². The quantitative estimate of drug-likeness (QED) is 0.226. The molecule has 8 nitrogen and oxygen atoms in total. The van der Waals surface area contributed by atoms with Crippen LogP contribution in [-0.2, 0) is 10.4 Å². The number of piperidine rings is 1. The molecule has 2 aliphatic rings. The molecule has 2 aromatic heterocycles. The van der Waals surface area contributed by atoms with Crippen molar-refractivity contribution in [2.24, 2.45) is 5.92 Å². The third-order valence-corrected chi connectivity index (χ3v) is 8.82. The van der Waals surface area contributed by atoms with Crippen molar-refractivity contribution in [1.29, 1.82) is 0 Å². The highest BCUT2D eigenvalue weighted by Gasteiger charge is 2.54. The molecule has 1 saturated heterocycles. The molecule has 2 N–H and O–H groups in total. The molecule has 0 spiro atoms. The summed E-state index contributed by atoms with van der Waals surface area (Å²) < 4.78 is 5.33. The van der Waals surface area contributed by atoms with E-state index in [-0.39, 0.29) is 23.9 Å². The van der Waals surface area contributed by atoms with Gasteiger partial charge < -0.3 is 19.8 Å². The molecular formula is C24H27N3O5S2. The number of aryl methyl sites for hydroxylation is 1. The van der Waals surface area contributed by atoms with Crippen LogP contribution < -0.4 is 4.74 Å². The number of carbonyl (C=O) groups is 2. The summed E-state index contributed by atoms with van der Waals surface area (Å²) in [5, 5.41) is 19.9. The Morgan fingerprint density at radius 2 is 2.12 bits per heavy atom. The van der Waals surface area contributed by atoms with Gasteiger partial charge in [0.05, 0.1) is 23.3 Å². The molecule has 3 atom stereocenters. The maximum Gasteiger partial charge on any atom is 0.290 e. The van der Waals surface area contributed by atoms with Crippen LogP contribution in [0.2, 0.25) is 0 Å². The zero-order chi connectivity index (χ0) is 24.5. The second kappa shape index (κ2) is 9.99. The lowest BCUT2D eigenvalue weighted by Crippen LogP contribution is -2.41. The number of thioether (sulfide) groups is 1. The Hall–Kier alpha value is -2.53. The van der Waals surface area contributed by atoms with E-state index >= 15 is 0 Å². The van der Waals surface area contributed by atoms with Gasteiger partial charge >= 0.3 is 0 Å². The molecule has 2 bridgehead atoms. The number of methoxy groups -OCH3 is 1. The minimum atomic E-state index is -0.788. The summed E-state index contributed by atoms with van der Waals surface area (Å²) in [5.41, 5.74) is 0.0504. The van der Waals surface area contributed by atoms with Crippen LogP contribution in [0.5, 0.6) is 5.75 Å². The second-order valence-electron chi connectivity index (χ2n) is 8.59. The minimum Gasteiger partial charge on any atom is -0.497 e. The minimum absolute atomic E-state index is 0.0532. The smallest absolute Gasteiger partial charge is 0.290 e. The summed E-state index contributed by atoms with van der Waals surface area (Å²) in [6.07, 6.45) is 1.79. The molecule has 1 aliphatic heterocycles. The Balaban J connectivity index is 0.000000868. The van der Waals surface area contributed by atoms with E-state index in [2.05, 4.69) is 21.9 Å². The molecule has 5 rings (SSSR count). The van der Waals surface area contributed by atoms with Crippen LogP contribution in [0.15, 0.2) is 35.4 Å². The van der Waals surface area contributed by atoms with Crippen molar-refractivity contribution in [3.63, 3.8) is 0 Å². The number of nitrogens with zero attached hydrogens (tertiary/aromatic N) is 3. The first-order chi connectivity index (χ1) is 16.3. The molecule has 3 aromatic rings. The van der Waals surface area contributed by atoms with Crippen molar-refractivity contribution in [3.05, 3.63) is 45.9 Å². The lowest BCUT2D eigenvalue weighted by atomic mass is 9.88. The lowest BCUT2D eigenvalue weighted by molar-refractivity contribution is -0.122. The van der Waals surface area contributed by atoms with Crippen LogP contribution in [0.25, 0.3) is 10.9 Å². The summed E-state index contributed by atoms with van der Waals surface area (Å²) in [7, 11) is 3.75. The molecule has 10 heteroatoms. The maximum absolute atomic E-state index is 12.9. The summed E-state index contributed by atoms with van der Waals surface area (Å²) in [6.45, 7) is 2.52. The zero-order valence-electron chi connectivity index (χ0n) is 19.2. The number of carboxylic acid groups (broad SMARTS) is 1. The van der Waals surface area contributed by atoms with E-state index in [9.17, 15) is 9.90 Å². The fourth-order valence-electron chi connectivity index (χ4n) is 4.85. The standard InChI is InChI=1S/C23H25N3O3S2.CH2O2/c1-13-24-18-5-4-16(29-3)9-17(18)22(25-13)30-12-19(27)20-6-7-21(31-20)23(28)10-15-8-14(23)11-26(15)2;2-1-3/h4-7,9,14-15,28H,8,10-12H2,1-3H3;1H,(H,2,3)/t14-,15-,23-;/m0./s1. The van der Waals surface area contributed by atoms with E-state index in [0.29, 0.717) is 16.7 Å². The molecule has 180 valence electrons. The summed E-state index contributed by atoms with van der Waals surface area (Å²) in [6, 6.07) is 9.94. The van der Waals surface area contributed by atoms with Gasteiger partial charge in [0.25, 0.3) is 6.47 Å². The van der Waals surface area contributed by atoms with Crippen molar-refractivity contribution >= 4 is 46.3 Å². The highest BCUT2D eigenvalue weighted by atomic mass is 32.2. The van der Waals surface area contributed by atoms with Gasteiger partial charge in [0.15, 0.2) is 5.78 Å². The Morgan fingerprint density at radius 1 is 1.35 bits per heavy atom. The number of ketones is 1. The molecule has 2 fully saturated rings. The van der Waals surface area contributed by atoms with Gasteiger partial charge in [-0.05, 0) is 57.1 Å². The van der Waals surface area contributed by atoms with Crippen molar-refractivity contribution in [3.8, 4) is 5.75 Å². The Kier molecular flexibility index (Phi) is 7.22. The average molecular weight is 502 g/mol. The number of carbonyl (C=O) groups excluding carboxylic acids is 1. The number of aliphatic hydroxyl groups is 1. The molecule has 1 saturated carbocycles. The zero-order valence-corrected chi connectivity index (χ0v) is 20.9. The number of Topliss-reactive ketones (excluding diaryl/α,β-unsaturated/α-hetero) is 1. The Bertz CT molecular complexity index is 1210. The number of thiophene rings is 1. The molecule has 34 heavy (non-hydrogen) atoms. The SMILES string of the molecule is COc1ccc2nc(C)nc(SCC(=O)c3ccc([C@]4(O)C[C@@H]5C[C@H]4CN5C)s3)c2c1.O=CO. The molecule has 0 amide bonds. The van der Waals surface area contributed by atoms with Crippen LogP contribution in [0.3, 0.4) is 0 Å². The van der Waals surface area contributed by atoms with Crippen molar-refractivity contribution in [2.75, 3.05) is 26.5 Å². The topological polar surface area (TPSA) is 113 Å². The highest BCUT2D eigenvalue weighted by Crippen LogP contribution is 2.51. The maximum atomic E-state index is 12.9. The van der Waals surface area contributed by atoms with E-state index in [1.807, 2.05) is 37.3 Å². The van der Waals surface area contributed by atoms with E-state index < -0.39 is 5.60 Å². The molecular weight excluding hydrogens is 474 g/mol. The van der Waals surface area contributed by atoms with Crippen LogP contribution in [0.1, 0.15) is 33.2 Å². The van der Waals surface area contributed by atoms with Crippen molar-refractivity contribution < 1.29 is 24.5 Å². The number of rotatable bonds is 6. The van der Waals surface area contributed by atoms with Gasteiger partial charge in [-0.2, -0.15) is 0 Å². The highest BCUT2D eigenvalue weighted by molar-refractivity contribution is 8.00. The summed E-state index contributed by atoms with van der Waals surface area (Å²) >= 11 is 2.86. The Labute approximate surface area is 206 Å². The van der Waals surface area contributed by atoms with Gasteiger partial charge in [-0.3, -0.25) is 9.59 Å². The van der Waals surface area contributed by atoms with E-state index in [1.165, 1.54) is 23.1 Å². The number of benzene rings is 1. The first-order valence-corrected chi connectivity index (χ1v) is 12.7. The third-order valence-electron chi connectivity index (χ3n) is 6.54. The molecule has 0 unspecified atom stereocenters. The van der Waals surface area contributed by atoms with Crippen LogP contribution >= 0.6 is 23.1 Å². The molecule has 0 radical (unpaired) electrons. The second-order valence-corrected chi connectivity index (χ2v) is 10.6. The first-order valence-electron chi connectivity index (χ1n) is 10.9. The van der Waals surface area contributed by atoms with Gasteiger partial charge in [0.1, 0.15) is 22.2 Å². The molecule has 1 aromatic carbocycles. The summed E-state index contributed by atoms with van der Waals surface area (Å²) in [4.78, 5) is 34.3. The third kappa shape index (κ3) is 4.68. The lowest BCUT2D eigenvalue weighted by Gasteiger charge is -2.35. The average Bonchev–Trinajstić information content (AvgIpc) is 3.53. The Morgan fingerprint density at radius 3 is 2.76 bits per heavy atom. The van der Waals surface area contributed by atoms with E-state index in [4.69, 9.17) is 14.6 Å². The summed E-state index contributed by atoms with van der Waals surface area (Å²) in [5.74, 6) is 2.01. The van der Waals surface area contributed by atoms with Crippen LogP contribution in [0.4, 0.5) is 0 Å². The number of hydrogen-bond acceptors (Lipinski definition) is 9. The molecule has 3 heterocycles. The number of ether oxygens (including phenoxy) is 1. The fraction of sp³-hybridized carbons (Fsp3) is 0.417. The predicted octanol–water partition coefficient (Wildman–Crippen LogP) is 3.60. The fourth-order valence-corrected chi connectivity index (χ4v) is 7.00. The number of aromatic nitrogens is 2. The first kappa shape index (κ1) is 24.6. The van der Waals surface area contributed by atoms with Gasteiger partial charge in [0, 0.05) is 28.8 Å². The number of likely N-dealkylation sites (tertiary alicyclic amines) is 1. The van der Waals surface area contributed by atoms with Crippen molar-refractivity contribution in [2.45, 2.75) is 36.4 Å². The van der Waals surface area contributed by atoms with E-state index in [0.717, 1.165) is 45.9 Å². The van der Waals surface area contributed by atoms with Crippen molar-refractivity contribution in [1.82, 2.24) is 14.9 Å². The van der Waals surface area contributed by atoms with Gasteiger partial charge in [0.2, 0.25) is 0 Å². The molecule has 1 aliphatic carbocycles. The van der Waals surface area contributed by atoms with Crippen LogP contribution in [0, 0.1) is 12.8 Å². The predicted molar refractivity (Wildman–Crippen MR) is 132 cm³/mol. The largest absolute Gasteiger partial charge is 0.497 e.